The Balaban J connectivity index is 1.47. The van der Waals surface area contributed by atoms with Crippen molar-refractivity contribution in [2.24, 2.45) is 0 Å². The lowest BCUT2D eigenvalue weighted by Crippen LogP contribution is -2.42. The van der Waals surface area contributed by atoms with Gasteiger partial charge in [-0.1, -0.05) is 42.5 Å². The van der Waals surface area contributed by atoms with Crippen molar-refractivity contribution in [3.8, 4) is 11.5 Å². The first-order valence-corrected chi connectivity index (χ1v) is 8.71. The van der Waals surface area contributed by atoms with Gasteiger partial charge in [-0.05, 0) is 35.8 Å². The van der Waals surface area contributed by atoms with Crippen LogP contribution in [0, 0.1) is 0 Å². The molecule has 2 aromatic carbocycles. The topological polar surface area (TPSA) is 38.8 Å². The third-order valence-corrected chi connectivity index (χ3v) is 5.49. The first-order chi connectivity index (χ1) is 12.3. The molecule has 3 atom stereocenters. The summed E-state index contributed by atoms with van der Waals surface area (Å²) in [6.07, 6.45) is 4.69. The van der Waals surface area contributed by atoms with E-state index in [0.29, 0.717) is 5.92 Å². The van der Waals surface area contributed by atoms with Crippen LogP contribution in [-0.4, -0.2) is 29.6 Å². The summed E-state index contributed by atoms with van der Waals surface area (Å²) in [6.45, 7) is 1.08. The molecule has 1 fully saturated rings. The first kappa shape index (κ1) is 14.7. The highest BCUT2D eigenvalue weighted by Gasteiger charge is 2.45. The number of hydrogen-bond acceptors (Lipinski definition) is 4. The second kappa shape index (κ2) is 5.74. The van der Waals surface area contributed by atoms with E-state index in [9.17, 15) is 4.79 Å². The number of carbonyl (C=O) groups excluding carboxylic acids is 1. The lowest BCUT2D eigenvalue weighted by Gasteiger charge is -2.31. The fourth-order valence-electron chi connectivity index (χ4n) is 4.27. The Hall–Kier alpha value is -2.59. The summed E-state index contributed by atoms with van der Waals surface area (Å²) in [4.78, 5) is 14.8. The smallest absolute Gasteiger partial charge is 0.231 e. The van der Waals surface area contributed by atoms with Crippen molar-refractivity contribution >= 4 is 5.78 Å². The van der Waals surface area contributed by atoms with Crippen LogP contribution in [0.2, 0.25) is 0 Å². The van der Waals surface area contributed by atoms with Crippen LogP contribution in [0.3, 0.4) is 0 Å². The maximum absolute atomic E-state index is 12.4. The average molecular weight is 333 g/mol. The molecule has 3 heterocycles. The standard InChI is InChI=1S/C21H19NO3/c23-19-8-7-17-16(15-6-9-20-21(10-15)25-13-24-20)11-18(19)22(17)12-14-4-2-1-3-5-14/h1-10,16-18H,11-13H2/t16-,17+,18+/m1/s1. The molecule has 126 valence electrons. The van der Waals surface area contributed by atoms with Gasteiger partial charge >= 0.3 is 0 Å². The molecule has 0 radical (unpaired) electrons. The number of fused-ring (bicyclic) bond motifs is 3. The molecule has 0 aromatic heterocycles. The van der Waals surface area contributed by atoms with Gasteiger partial charge in [0.15, 0.2) is 17.3 Å². The molecule has 4 heteroatoms. The third kappa shape index (κ3) is 2.45. The summed E-state index contributed by atoms with van der Waals surface area (Å²) in [7, 11) is 0. The van der Waals surface area contributed by atoms with E-state index in [4.69, 9.17) is 9.47 Å². The molecule has 0 spiro atoms. The van der Waals surface area contributed by atoms with Crippen LogP contribution in [0.15, 0.2) is 60.7 Å². The minimum Gasteiger partial charge on any atom is -0.454 e. The molecular formula is C21H19NO3. The third-order valence-electron chi connectivity index (χ3n) is 5.49. The number of carbonyl (C=O) groups is 1. The molecule has 1 saturated heterocycles. The Morgan fingerprint density at radius 3 is 2.76 bits per heavy atom. The molecule has 25 heavy (non-hydrogen) atoms. The molecule has 2 bridgehead atoms. The molecule has 0 aliphatic carbocycles. The van der Waals surface area contributed by atoms with E-state index in [1.807, 2.05) is 24.3 Å². The fourth-order valence-corrected chi connectivity index (χ4v) is 4.27. The Morgan fingerprint density at radius 1 is 1.04 bits per heavy atom. The maximum Gasteiger partial charge on any atom is 0.231 e. The highest BCUT2D eigenvalue weighted by atomic mass is 16.7. The van der Waals surface area contributed by atoms with Crippen molar-refractivity contribution in [3.63, 3.8) is 0 Å². The van der Waals surface area contributed by atoms with Crippen molar-refractivity contribution < 1.29 is 14.3 Å². The quantitative estimate of drug-likeness (QED) is 0.864. The van der Waals surface area contributed by atoms with Crippen LogP contribution in [0.5, 0.6) is 11.5 Å². The second-order valence-corrected chi connectivity index (χ2v) is 6.88. The predicted molar refractivity (Wildman–Crippen MR) is 93.6 cm³/mol. The number of hydrogen-bond donors (Lipinski definition) is 0. The van der Waals surface area contributed by atoms with Crippen LogP contribution < -0.4 is 9.47 Å². The summed E-state index contributed by atoms with van der Waals surface area (Å²) in [5.41, 5.74) is 2.46. The summed E-state index contributed by atoms with van der Waals surface area (Å²) < 4.78 is 11.0. The van der Waals surface area contributed by atoms with E-state index in [0.717, 1.165) is 24.5 Å². The van der Waals surface area contributed by atoms with Crippen molar-refractivity contribution in [2.75, 3.05) is 6.79 Å². The predicted octanol–water partition coefficient (Wildman–Crippen LogP) is 3.28. The van der Waals surface area contributed by atoms with Crippen LogP contribution in [0.4, 0.5) is 0 Å². The minimum atomic E-state index is -0.0365. The van der Waals surface area contributed by atoms with E-state index in [2.05, 4.69) is 35.2 Å². The highest BCUT2D eigenvalue weighted by Crippen LogP contribution is 2.44. The average Bonchev–Trinajstić information content (AvgIpc) is 3.20. The lowest BCUT2D eigenvalue weighted by molar-refractivity contribution is -0.119. The van der Waals surface area contributed by atoms with Crippen LogP contribution in [0.25, 0.3) is 0 Å². The zero-order valence-electron chi connectivity index (χ0n) is 13.8. The maximum atomic E-state index is 12.4. The van der Waals surface area contributed by atoms with Crippen molar-refractivity contribution in [3.05, 3.63) is 71.8 Å². The van der Waals surface area contributed by atoms with Gasteiger partial charge in [0.2, 0.25) is 6.79 Å². The number of benzene rings is 2. The van der Waals surface area contributed by atoms with Gasteiger partial charge < -0.3 is 9.47 Å². The number of nitrogens with zero attached hydrogens (tertiary/aromatic N) is 1. The van der Waals surface area contributed by atoms with Gasteiger partial charge in [0.1, 0.15) is 0 Å². The summed E-state index contributed by atoms with van der Waals surface area (Å²) in [6, 6.07) is 16.7. The molecule has 5 rings (SSSR count). The van der Waals surface area contributed by atoms with E-state index >= 15 is 0 Å². The molecule has 3 aliphatic heterocycles. The molecule has 0 saturated carbocycles. The Labute approximate surface area is 146 Å². The molecule has 3 aliphatic rings. The van der Waals surface area contributed by atoms with Crippen LogP contribution in [-0.2, 0) is 11.3 Å². The lowest BCUT2D eigenvalue weighted by atomic mass is 9.91. The number of rotatable bonds is 3. The fraction of sp³-hybridized carbons (Fsp3) is 0.286. The zero-order valence-corrected chi connectivity index (χ0v) is 13.8. The molecule has 0 unspecified atom stereocenters. The molecule has 0 amide bonds. The molecule has 2 aromatic rings. The monoisotopic (exact) mass is 333 g/mol. The summed E-state index contributed by atoms with van der Waals surface area (Å²) >= 11 is 0. The minimum absolute atomic E-state index is 0.0365. The van der Waals surface area contributed by atoms with E-state index in [1.165, 1.54) is 11.1 Å². The van der Waals surface area contributed by atoms with Gasteiger partial charge in [-0.25, -0.2) is 0 Å². The number of ether oxygens (including phenoxy) is 2. The van der Waals surface area contributed by atoms with Crippen LogP contribution in [0.1, 0.15) is 23.5 Å². The van der Waals surface area contributed by atoms with Gasteiger partial charge in [-0.15, -0.1) is 0 Å². The van der Waals surface area contributed by atoms with Gasteiger partial charge in [-0.2, -0.15) is 0 Å². The summed E-state index contributed by atoms with van der Waals surface area (Å²) in [5.74, 6) is 2.13. The van der Waals surface area contributed by atoms with Crippen molar-refractivity contribution in [1.82, 2.24) is 4.90 Å². The van der Waals surface area contributed by atoms with Crippen molar-refractivity contribution in [1.29, 1.82) is 0 Å². The van der Waals surface area contributed by atoms with Crippen molar-refractivity contribution in [2.45, 2.75) is 31.0 Å². The summed E-state index contributed by atoms with van der Waals surface area (Å²) in [5, 5.41) is 0. The Bertz CT molecular complexity index is 845. The molecule has 0 N–H and O–H groups in total. The molecular weight excluding hydrogens is 314 g/mol. The Kier molecular flexibility index (Phi) is 3.38. The Morgan fingerprint density at radius 2 is 1.88 bits per heavy atom. The second-order valence-electron chi connectivity index (χ2n) is 6.88. The van der Waals surface area contributed by atoms with E-state index < -0.39 is 0 Å². The SMILES string of the molecule is O=C1C=C[C@H]2[C@@H](c3ccc4c(c3)OCO4)C[C@@H]1N2Cc1ccccc1. The van der Waals surface area contributed by atoms with Gasteiger partial charge in [-0.3, -0.25) is 9.69 Å². The first-order valence-electron chi connectivity index (χ1n) is 8.71. The van der Waals surface area contributed by atoms with Gasteiger partial charge in [0, 0.05) is 18.5 Å². The van der Waals surface area contributed by atoms with E-state index in [-0.39, 0.29) is 24.7 Å². The number of ketones is 1. The van der Waals surface area contributed by atoms with E-state index in [1.54, 1.807) is 6.08 Å². The van der Waals surface area contributed by atoms with Gasteiger partial charge in [0.05, 0.1) is 6.04 Å². The molecule has 4 nitrogen and oxygen atoms in total. The zero-order chi connectivity index (χ0) is 16.8. The highest BCUT2D eigenvalue weighted by molar-refractivity contribution is 5.96. The van der Waals surface area contributed by atoms with Crippen LogP contribution >= 0.6 is 0 Å². The normalized spacial score (nSPS) is 27.0. The van der Waals surface area contributed by atoms with Gasteiger partial charge in [0.25, 0.3) is 0 Å². The largest absolute Gasteiger partial charge is 0.454 e.